The molecule has 2 aliphatic rings. The normalized spacial score (nSPS) is 20.6. The van der Waals surface area contributed by atoms with E-state index in [0.717, 1.165) is 75.5 Å². The van der Waals surface area contributed by atoms with E-state index >= 15 is 0 Å². The summed E-state index contributed by atoms with van der Waals surface area (Å²) in [6.07, 6.45) is 1.03. The van der Waals surface area contributed by atoms with Crippen LogP contribution in [0.3, 0.4) is 0 Å². The van der Waals surface area contributed by atoms with Crippen molar-refractivity contribution in [1.29, 1.82) is 0 Å². The lowest BCUT2D eigenvalue weighted by Crippen LogP contribution is -2.52. The van der Waals surface area contributed by atoms with Gasteiger partial charge in [0.2, 0.25) is 0 Å². The van der Waals surface area contributed by atoms with Crippen molar-refractivity contribution in [3.63, 3.8) is 0 Å². The van der Waals surface area contributed by atoms with Gasteiger partial charge < -0.3 is 19.5 Å². The molecule has 0 saturated carbocycles. The van der Waals surface area contributed by atoms with E-state index < -0.39 is 0 Å². The van der Waals surface area contributed by atoms with E-state index in [4.69, 9.17) is 9.26 Å². The molecule has 4 rings (SSSR count). The number of piperazine rings is 1. The van der Waals surface area contributed by atoms with Gasteiger partial charge in [-0.15, -0.1) is 0 Å². The summed E-state index contributed by atoms with van der Waals surface area (Å²) in [4.78, 5) is 9.27. The van der Waals surface area contributed by atoms with Crippen LogP contribution in [0.1, 0.15) is 29.4 Å². The SMILES string of the molecule is CN=C(NCC1CCOc2ccccc21)N1CCN(Cc2cc(C)on2)CC1. The maximum absolute atomic E-state index is 5.78. The van der Waals surface area contributed by atoms with E-state index in [1.807, 2.05) is 26.1 Å². The van der Waals surface area contributed by atoms with Gasteiger partial charge in [-0.25, -0.2) is 0 Å². The van der Waals surface area contributed by atoms with Crippen molar-refractivity contribution < 1.29 is 9.26 Å². The monoisotopic (exact) mass is 383 g/mol. The van der Waals surface area contributed by atoms with Crippen LogP contribution in [0.15, 0.2) is 39.8 Å². The smallest absolute Gasteiger partial charge is 0.193 e. The predicted molar refractivity (Wildman–Crippen MR) is 109 cm³/mol. The van der Waals surface area contributed by atoms with Gasteiger partial charge in [0.05, 0.1) is 12.3 Å². The van der Waals surface area contributed by atoms with Crippen LogP contribution in [0.25, 0.3) is 0 Å². The summed E-state index contributed by atoms with van der Waals surface area (Å²) in [6, 6.07) is 10.4. The number of aryl methyl sites for hydroxylation is 1. The van der Waals surface area contributed by atoms with Crippen LogP contribution in [0.5, 0.6) is 5.75 Å². The van der Waals surface area contributed by atoms with Crippen molar-refractivity contribution in [2.24, 2.45) is 4.99 Å². The second-order valence-corrected chi connectivity index (χ2v) is 7.49. The van der Waals surface area contributed by atoms with Crippen molar-refractivity contribution in [2.45, 2.75) is 25.8 Å². The van der Waals surface area contributed by atoms with Gasteiger partial charge in [0.1, 0.15) is 11.5 Å². The lowest BCUT2D eigenvalue weighted by molar-refractivity contribution is 0.168. The molecule has 0 radical (unpaired) electrons. The van der Waals surface area contributed by atoms with Gasteiger partial charge in [0.15, 0.2) is 5.96 Å². The first kappa shape index (κ1) is 18.8. The molecule has 2 aliphatic heterocycles. The molecule has 1 unspecified atom stereocenters. The highest BCUT2D eigenvalue weighted by molar-refractivity contribution is 5.80. The summed E-state index contributed by atoms with van der Waals surface area (Å²) >= 11 is 0. The molecule has 28 heavy (non-hydrogen) atoms. The van der Waals surface area contributed by atoms with Crippen molar-refractivity contribution in [3.8, 4) is 5.75 Å². The fourth-order valence-corrected chi connectivity index (χ4v) is 4.01. The molecule has 0 spiro atoms. The number of guanidine groups is 1. The van der Waals surface area contributed by atoms with Crippen LogP contribution in [0.4, 0.5) is 0 Å². The van der Waals surface area contributed by atoms with Gasteiger partial charge >= 0.3 is 0 Å². The molecule has 150 valence electrons. The molecule has 0 bridgehead atoms. The third-order valence-corrected chi connectivity index (χ3v) is 5.54. The van der Waals surface area contributed by atoms with Crippen molar-refractivity contribution in [2.75, 3.05) is 46.4 Å². The molecule has 2 aromatic rings. The summed E-state index contributed by atoms with van der Waals surface area (Å²) in [6.45, 7) is 8.34. The van der Waals surface area contributed by atoms with Crippen LogP contribution in [-0.4, -0.2) is 67.3 Å². The third kappa shape index (κ3) is 4.30. The zero-order valence-electron chi connectivity index (χ0n) is 16.7. The number of nitrogens with one attached hydrogen (secondary N) is 1. The zero-order valence-corrected chi connectivity index (χ0v) is 16.7. The van der Waals surface area contributed by atoms with Crippen LogP contribution >= 0.6 is 0 Å². The van der Waals surface area contributed by atoms with Crippen molar-refractivity contribution >= 4 is 5.96 Å². The predicted octanol–water partition coefficient (Wildman–Crippen LogP) is 2.24. The lowest BCUT2D eigenvalue weighted by Gasteiger charge is -2.36. The zero-order chi connectivity index (χ0) is 19.3. The molecule has 0 aliphatic carbocycles. The summed E-state index contributed by atoms with van der Waals surface area (Å²) < 4.78 is 11.0. The fraction of sp³-hybridized carbons (Fsp3) is 0.524. The van der Waals surface area contributed by atoms with Crippen molar-refractivity contribution in [3.05, 3.63) is 47.3 Å². The first-order chi connectivity index (χ1) is 13.7. The van der Waals surface area contributed by atoms with Gasteiger partial charge in [0.25, 0.3) is 0 Å². The Bertz CT molecular complexity index is 811. The molecule has 1 aromatic carbocycles. The summed E-state index contributed by atoms with van der Waals surface area (Å²) in [5.41, 5.74) is 2.30. The van der Waals surface area contributed by atoms with E-state index in [1.54, 1.807) is 0 Å². The number of benzene rings is 1. The Morgan fingerprint density at radius 2 is 2.07 bits per heavy atom. The van der Waals surface area contributed by atoms with Gasteiger partial charge in [-0.05, 0) is 25.0 Å². The van der Waals surface area contributed by atoms with Crippen LogP contribution < -0.4 is 10.1 Å². The fourth-order valence-electron chi connectivity index (χ4n) is 4.01. The standard InChI is InChI=1S/C21H29N5O2/c1-16-13-18(24-28-16)15-25-8-10-26(11-9-25)21(22-2)23-14-17-7-12-27-20-6-4-3-5-19(17)20/h3-6,13,17H,7-12,14-15H2,1-2H3,(H,22,23). The Morgan fingerprint density at radius 3 is 2.82 bits per heavy atom. The highest BCUT2D eigenvalue weighted by Crippen LogP contribution is 2.32. The maximum atomic E-state index is 5.78. The number of hydrogen-bond donors (Lipinski definition) is 1. The topological polar surface area (TPSA) is 66.1 Å². The molecule has 1 aromatic heterocycles. The first-order valence-electron chi connectivity index (χ1n) is 10.0. The van der Waals surface area contributed by atoms with E-state index in [-0.39, 0.29) is 0 Å². The van der Waals surface area contributed by atoms with E-state index in [0.29, 0.717) is 5.92 Å². The molecular weight excluding hydrogens is 354 g/mol. The third-order valence-electron chi connectivity index (χ3n) is 5.54. The molecular formula is C21H29N5O2. The van der Waals surface area contributed by atoms with Crippen molar-refractivity contribution in [1.82, 2.24) is 20.3 Å². The highest BCUT2D eigenvalue weighted by atomic mass is 16.5. The molecule has 3 heterocycles. The Balaban J connectivity index is 1.29. The van der Waals surface area contributed by atoms with Gasteiger partial charge in [-0.3, -0.25) is 9.89 Å². The molecule has 1 fully saturated rings. The molecule has 1 atom stereocenters. The van der Waals surface area contributed by atoms with Gasteiger partial charge in [-0.2, -0.15) is 0 Å². The second kappa shape index (κ2) is 8.65. The number of fused-ring (bicyclic) bond motifs is 1. The number of hydrogen-bond acceptors (Lipinski definition) is 5. The Kier molecular flexibility index (Phi) is 5.81. The van der Waals surface area contributed by atoms with Gasteiger partial charge in [-0.1, -0.05) is 23.4 Å². The Hall–Kier alpha value is -2.54. The number of ether oxygens (including phenoxy) is 1. The molecule has 1 N–H and O–H groups in total. The Morgan fingerprint density at radius 1 is 1.25 bits per heavy atom. The highest BCUT2D eigenvalue weighted by Gasteiger charge is 2.24. The lowest BCUT2D eigenvalue weighted by atomic mass is 9.93. The average Bonchev–Trinajstić information content (AvgIpc) is 3.14. The minimum absolute atomic E-state index is 0.457. The number of nitrogens with zero attached hydrogens (tertiary/aromatic N) is 4. The molecule has 0 amide bonds. The Labute approximate surface area is 166 Å². The molecule has 1 saturated heterocycles. The minimum atomic E-state index is 0.457. The van der Waals surface area contributed by atoms with Crippen LogP contribution in [0, 0.1) is 6.92 Å². The van der Waals surface area contributed by atoms with E-state index in [2.05, 4.69) is 43.5 Å². The van der Waals surface area contributed by atoms with E-state index in [1.165, 1.54) is 5.56 Å². The molecule has 7 nitrogen and oxygen atoms in total. The quantitative estimate of drug-likeness (QED) is 0.645. The number of rotatable bonds is 4. The summed E-state index contributed by atoms with van der Waals surface area (Å²) in [7, 11) is 1.87. The molecule has 7 heteroatoms. The largest absolute Gasteiger partial charge is 0.493 e. The average molecular weight is 383 g/mol. The number of aromatic nitrogens is 1. The maximum Gasteiger partial charge on any atom is 0.193 e. The first-order valence-corrected chi connectivity index (χ1v) is 10.0. The summed E-state index contributed by atoms with van der Waals surface area (Å²) in [5.74, 6) is 3.33. The van der Waals surface area contributed by atoms with E-state index in [9.17, 15) is 0 Å². The van der Waals surface area contributed by atoms with Gasteiger partial charge in [0, 0.05) is 58.3 Å². The summed E-state index contributed by atoms with van der Waals surface area (Å²) in [5, 5.41) is 7.70. The van der Waals surface area contributed by atoms with Crippen LogP contribution in [-0.2, 0) is 6.54 Å². The van der Waals surface area contributed by atoms with Crippen LogP contribution in [0.2, 0.25) is 0 Å². The second-order valence-electron chi connectivity index (χ2n) is 7.49. The minimum Gasteiger partial charge on any atom is -0.493 e. The number of para-hydroxylation sites is 1. The number of aliphatic imine (C=N–C) groups is 1.